The second kappa shape index (κ2) is 4.27. The van der Waals surface area contributed by atoms with Gasteiger partial charge in [-0.25, -0.2) is 14.0 Å². The monoisotopic (exact) mass is 233 g/mol. The molecule has 0 aromatic carbocycles. The molecule has 0 aromatic heterocycles. The van der Waals surface area contributed by atoms with Crippen LogP contribution in [-0.4, -0.2) is 46.4 Å². The second-order valence-corrected chi connectivity index (χ2v) is 4.76. The third kappa shape index (κ3) is 2.84. The zero-order valence-electron chi connectivity index (χ0n) is 9.57. The molecular formula is C10H16FNO4. The summed E-state index contributed by atoms with van der Waals surface area (Å²) in [4.78, 5) is 23.3. The maximum atomic E-state index is 13.3. The summed E-state index contributed by atoms with van der Waals surface area (Å²) >= 11 is 0. The molecule has 6 heteroatoms. The van der Waals surface area contributed by atoms with Gasteiger partial charge in [0.1, 0.15) is 11.8 Å². The van der Waals surface area contributed by atoms with Crippen LogP contribution in [0.25, 0.3) is 0 Å². The van der Waals surface area contributed by atoms with Gasteiger partial charge in [0.2, 0.25) is 0 Å². The van der Waals surface area contributed by atoms with Crippen LogP contribution in [0.2, 0.25) is 0 Å². The van der Waals surface area contributed by atoms with Crippen molar-refractivity contribution in [1.82, 2.24) is 4.90 Å². The van der Waals surface area contributed by atoms with Crippen LogP contribution in [0.3, 0.4) is 0 Å². The van der Waals surface area contributed by atoms with Gasteiger partial charge in [0.05, 0.1) is 0 Å². The predicted octanol–water partition coefficient (Wildman–Crippen LogP) is 1.42. The summed E-state index contributed by atoms with van der Waals surface area (Å²) in [5.74, 6) is -1.34. The minimum Gasteiger partial charge on any atom is -0.480 e. The van der Waals surface area contributed by atoms with Crippen molar-refractivity contribution in [3.63, 3.8) is 0 Å². The molecule has 1 heterocycles. The van der Waals surface area contributed by atoms with Crippen molar-refractivity contribution >= 4 is 12.1 Å². The number of carbonyl (C=O) groups is 2. The van der Waals surface area contributed by atoms with Gasteiger partial charge in [-0.3, -0.25) is 4.90 Å². The quantitative estimate of drug-likeness (QED) is 0.743. The highest BCUT2D eigenvalue weighted by atomic mass is 19.1. The molecule has 0 aromatic rings. The number of hydrogen-bond donors (Lipinski definition) is 1. The smallest absolute Gasteiger partial charge is 0.411 e. The molecule has 0 spiro atoms. The minimum absolute atomic E-state index is 0.0379. The van der Waals surface area contributed by atoms with Crippen LogP contribution in [0.15, 0.2) is 0 Å². The van der Waals surface area contributed by atoms with Gasteiger partial charge in [-0.2, -0.15) is 0 Å². The Labute approximate surface area is 93.2 Å². The van der Waals surface area contributed by atoms with E-state index in [0.717, 1.165) is 4.90 Å². The van der Waals surface area contributed by atoms with Crippen molar-refractivity contribution in [2.75, 3.05) is 6.54 Å². The molecule has 1 saturated heterocycles. The summed E-state index contributed by atoms with van der Waals surface area (Å²) in [7, 11) is 0. The van der Waals surface area contributed by atoms with Crippen LogP contribution >= 0.6 is 0 Å². The molecule has 0 radical (unpaired) electrons. The van der Waals surface area contributed by atoms with E-state index in [1.54, 1.807) is 20.8 Å². The molecule has 1 aliphatic rings. The number of nitrogens with zero attached hydrogens (tertiary/aromatic N) is 1. The number of halogens is 1. The van der Waals surface area contributed by atoms with E-state index >= 15 is 0 Å². The van der Waals surface area contributed by atoms with E-state index in [1.165, 1.54) is 0 Å². The van der Waals surface area contributed by atoms with Gasteiger partial charge in [0.25, 0.3) is 0 Å². The van der Waals surface area contributed by atoms with Crippen molar-refractivity contribution in [1.29, 1.82) is 0 Å². The van der Waals surface area contributed by atoms with Gasteiger partial charge in [-0.15, -0.1) is 0 Å². The predicted molar refractivity (Wildman–Crippen MR) is 53.9 cm³/mol. The largest absolute Gasteiger partial charge is 0.480 e. The van der Waals surface area contributed by atoms with Crippen molar-refractivity contribution < 1.29 is 23.8 Å². The molecule has 16 heavy (non-hydrogen) atoms. The fourth-order valence-corrected chi connectivity index (χ4v) is 1.57. The van der Waals surface area contributed by atoms with Crippen LogP contribution in [0, 0.1) is 0 Å². The van der Waals surface area contributed by atoms with Gasteiger partial charge in [-0.1, -0.05) is 0 Å². The van der Waals surface area contributed by atoms with E-state index in [0.29, 0.717) is 0 Å². The Morgan fingerprint density at radius 1 is 1.44 bits per heavy atom. The lowest BCUT2D eigenvalue weighted by atomic mass is 10.2. The molecule has 5 nitrogen and oxygen atoms in total. The standard InChI is InChI=1S/C10H16FNO4/c1-10(2,3)16-9(15)12-5-4-6(11)7(12)8(13)14/h6-7H,4-5H2,1-3H3,(H,13,14)/t6-,7+/m1/s1. The molecule has 1 rings (SSSR count). The number of rotatable bonds is 1. The van der Waals surface area contributed by atoms with Gasteiger partial charge in [0, 0.05) is 6.54 Å². The molecular weight excluding hydrogens is 217 g/mol. The van der Waals surface area contributed by atoms with Crippen LogP contribution in [0.4, 0.5) is 9.18 Å². The highest BCUT2D eigenvalue weighted by molar-refractivity contribution is 5.81. The van der Waals surface area contributed by atoms with E-state index < -0.39 is 29.9 Å². The van der Waals surface area contributed by atoms with Crippen molar-refractivity contribution in [2.45, 2.75) is 45.0 Å². The molecule has 0 saturated carbocycles. The van der Waals surface area contributed by atoms with Crippen LogP contribution < -0.4 is 0 Å². The Morgan fingerprint density at radius 3 is 2.44 bits per heavy atom. The maximum absolute atomic E-state index is 13.3. The number of carboxylic acids is 1. The van der Waals surface area contributed by atoms with Crippen molar-refractivity contribution in [2.24, 2.45) is 0 Å². The molecule has 1 aliphatic heterocycles. The highest BCUT2D eigenvalue weighted by Crippen LogP contribution is 2.23. The average Bonchev–Trinajstić information content (AvgIpc) is 2.43. The Balaban J connectivity index is 2.73. The number of carbonyl (C=O) groups excluding carboxylic acids is 1. The highest BCUT2D eigenvalue weighted by Gasteiger charge is 2.43. The number of alkyl halides is 1. The number of hydrogen-bond acceptors (Lipinski definition) is 3. The number of amides is 1. The molecule has 1 fully saturated rings. The van der Waals surface area contributed by atoms with Gasteiger partial charge in [-0.05, 0) is 27.2 Å². The summed E-state index contributed by atoms with van der Waals surface area (Å²) in [6.45, 7) is 5.09. The zero-order chi connectivity index (χ0) is 12.5. The number of ether oxygens (including phenoxy) is 1. The molecule has 0 unspecified atom stereocenters. The summed E-state index contributed by atoms with van der Waals surface area (Å²) in [5, 5.41) is 8.81. The summed E-state index contributed by atoms with van der Waals surface area (Å²) in [6, 6.07) is -1.42. The second-order valence-electron chi connectivity index (χ2n) is 4.76. The van der Waals surface area contributed by atoms with Crippen molar-refractivity contribution in [3.05, 3.63) is 0 Å². The Bertz CT molecular complexity index is 300. The maximum Gasteiger partial charge on any atom is 0.411 e. The third-order valence-corrected chi connectivity index (χ3v) is 2.21. The van der Waals surface area contributed by atoms with Crippen LogP contribution in [-0.2, 0) is 9.53 Å². The van der Waals surface area contributed by atoms with Gasteiger partial charge >= 0.3 is 12.1 Å². The van der Waals surface area contributed by atoms with E-state index in [-0.39, 0.29) is 13.0 Å². The topological polar surface area (TPSA) is 66.8 Å². The Kier molecular flexibility index (Phi) is 3.40. The first-order valence-electron chi connectivity index (χ1n) is 5.09. The molecule has 1 N–H and O–H groups in total. The minimum atomic E-state index is -1.52. The number of aliphatic carboxylic acids is 1. The fraction of sp³-hybridized carbons (Fsp3) is 0.800. The first-order chi connectivity index (χ1) is 7.22. The average molecular weight is 233 g/mol. The van der Waals surface area contributed by atoms with Crippen LogP contribution in [0.5, 0.6) is 0 Å². The molecule has 1 amide bonds. The summed E-state index contributed by atoms with van der Waals surface area (Å²) in [6.07, 6.45) is -2.26. The fourth-order valence-electron chi connectivity index (χ4n) is 1.57. The molecule has 0 aliphatic carbocycles. The Morgan fingerprint density at radius 2 is 2.00 bits per heavy atom. The first-order valence-corrected chi connectivity index (χ1v) is 5.09. The summed E-state index contributed by atoms with van der Waals surface area (Å²) < 4.78 is 18.3. The molecule has 0 bridgehead atoms. The zero-order valence-corrected chi connectivity index (χ0v) is 9.57. The number of carboxylic acid groups (broad SMARTS) is 1. The third-order valence-electron chi connectivity index (χ3n) is 2.21. The molecule has 2 atom stereocenters. The van der Waals surface area contributed by atoms with Gasteiger partial charge in [0.15, 0.2) is 6.04 Å². The lowest BCUT2D eigenvalue weighted by Gasteiger charge is -2.26. The summed E-state index contributed by atoms with van der Waals surface area (Å²) in [5.41, 5.74) is -0.714. The van der Waals surface area contributed by atoms with E-state index in [1.807, 2.05) is 0 Å². The van der Waals surface area contributed by atoms with Gasteiger partial charge < -0.3 is 9.84 Å². The lowest BCUT2D eigenvalue weighted by molar-refractivity contribution is -0.143. The van der Waals surface area contributed by atoms with Crippen molar-refractivity contribution in [3.8, 4) is 0 Å². The van der Waals surface area contributed by atoms with E-state index in [2.05, 4.69) is 0 Å². The number of likely N-dealkylation sites (tertiary alicyclic amines) is 1. The van der Waals surface area contributed by atoms with E-state index in [9.17, 15) is 14.0 Å². The molecule has 92 valence electrons. The lowest BCUT2D eigenvalue weighted by Crippen LogP contribution is -2.46. The normalized spacial score (nSPS) is 25.6. The first kappa shape index (κ1) is 12.7. The SMILES string of the molecule is CC(C)(C)OC(=O)N1CC[C@@H](F)[C@H]1C(=O)O. The Hall–Kier alpha value is -1.33. The van der Waals surface area contributed by atoms with E-state index in [4.69, 9.17) is 9.84 Å². The van der Waals surface area contributed by atoms with Crippen LogP contribution in [0.1, 0.15) is 27.2 Å².